The Morgan fingerprint density at radius 2 is 1.88 bits per heavy atom. The van der Waals surface area contributed by atoms with Crippen LogP contribution in [0.1, 0.15) is 27.3 Å². The molecule has 0 N–H and O–H groups in total. The average molecular weight is 484 g/mol. The quantitative estimate of drug-likeness (QED) is 0.336. The summed E-state index contributed by atoms with van der Waals surface area (Å²) < 4.78 is 17.1. The van der Waals surface area contributed by atoms with Gasteiger partial charge in [-0.2, -0.15) is 5.10 Å². The highest BCUT2D eigenvalue weighted by molar-refractivity contribution is 7.98. The standard InChI is InChI=1S/C24H23ClFN5OS/c1-16-18(14-30(3)28-16)13-29(2)23(32)22-12-27-24(31(22)20-10-8-19(26)9-11-20)33-15-17-6-4-5-7-21(17)25/h4-12,14H,13,15H2,1-3H3. The Labute approximate surface area is 201 Å². The lowest BCUT2D eigenvalue weighted by Crippen LogP contribution is -2.28. The molecule has 170 valence electrons. The molecule has 4 rings (SSSR count). The van der Waals surface area contributed by atoms with Gasteiger partial charge in [-0.3, -0.25) is 14.0 Å². The third-order valence-electron chi connectivity index (χ3n) is 5.22. The maximum absolute atomic E-state index is 13.6. The van der Waals surface area contributed by atoms with Crippen LogP contribution < -0.4 is 0 Å². The second-order valence-corrected chi connectivity index (χ2v) is 9.04. The van der Waals surface area contributed by atoms with Crippen LogP contribution in [0.15, 0.2) is 66.1 Å². The molecule has 2 heterocycles. The first-order valence-electron chi connectivity index (χ1n) is 10.3. The molecule has 0 aliphatic rings. The number of thioether (sulfide) groups is 1. The van der Waals surface area contributed by atoms with E-state index in [-0.39, 0.29) is 11.7 Å². The first kappa shape index (κ1) is 23.1. The van der Waals surface area contributed by atoms with Crippen molar-refractivity contribution in [3.05, 3.63) is 94.3 Å². The van der Waals surface area contributed by atoms with E-state index in [4.69, 9.17) is 11.6 Å². The summed E-state index contributed by atoms with van der Waals surface area (Å²) >= 11 is 7.77. The summed E-state index contributed by atoms with van der Waals surface area (Å²) in [7, 11) is 3.59. The van der Waals surface area contributed by atoms with Crippen molar-refractivity contribution >= 4 is 29.3 Å². The first-order valence-corrected chi connectivity index (χ1v) is 11.6. The van der Waals surface area contributed by atoms with Gasteiger partial charge in [-0.25, -0.2) is 9.37 Å². The number of rotatable bonds is 7. The predicted octanol–water partition coefficient (Wildman–Crippen LogP) is 5.27. The van der Waals surface area contributed by atoms with Crippen LogP contribution in [0, 0.1) is 12.7 Å². The molecule has 0 atom stereocenters. The molecular weight excluding hydrogens is 461 g/mol. The molecule has 0 aliphatic carbocycles. The molecule has 0 bridgehead atoms. The molecule has 0 spiro atoms. The highest BCUT2D eigenvalue weighted by atomic mass is 35.5. The van der Waals surface area contributed by atoms with Crippen molar-refractivity contribution in [1.29, 1.82) is 0 Å². The minimum absolute atomic E-state index is 0.195. The van der Waals surface area contributed by atoms with Crippen molar-refractivity contribution in [2.75, 3.05) is 7.05 Å². The minimum Gasteiger partial charge on any atom is -0.336 e. The number of aromatic nitrogens is 4. The Morgan fingerprint density at radius 3 is 2.55 bits per heavy atom. The Bertz CT molecular complexity index is 1280. The Balaban J connectivity index is 1.65. The topological polar surface area (TPSA) is 56.0 Å². The van der Waals surface area contributed by atoms with Crippen LogP contribution >= 0.6 is 23.4 Å². The zero-order chi connectivity index (χ0) is 23.5. The van der Waals surface area contributed by atoms with E-state index in [1.807, 2.05) is 44.4 Å². The third kappa shape index (κ3) is 5.12. The number of carbonyl (C=O) groups is 1. The number of hydrogen-bond donors (Lipinski definition) is 0. The van der Waals surface area contributed by atoms with E-state index in [0.29, 0.717) is 33.9 Å². The fourth-order valence-electron chi connectivity index (χ4n) is 3.51. The fourth-order valence-corrected chi connectivity index (χ4v) is 4.79. The van der Waals surface area contributed by atoms with Gasteiger partial charge in [-0.05, 0) is 42.8 Å². The van der Waals surface area contributed by atoms with Gasteiger partial charge in [0.1, 0.15) is 11.5 Å². The molecule has 0 saturated heterocycles. The molecule has 2 aromatic heterocycles. The zero-order valence-corrected chi connectivity index (χ0v) is 20.1. The highest BCUT2D eigenvalue weighted by Crippen LogP contribution is 2.29. The molecule has 9 heteroatoms. The molecule has 0 fully saturated rings. The predicted molar refractivity (Wildman–Crippen MR) is 128 cm³/mol. The lowest BCUT2D eigenvalue weighted by Gasteiger charge is -2.18. The smallest absolute Gasteiger partial charge is 0.272 e. The number of carbonyl (C=O) groups excluding carboxylic acids is 1. The van der Waals surface area contributed by atoms with E-state index in [2.05, 4.69) is 10.1 Å². The van der Waals surface area contributed by atoms with Gasteiger partial charge in [0.05, 0.1) is 11.9 Å². The van der Waals surface area contributed by atoms with Gasteiger partial charge in [-0.15, -0.1) is 0 Å². The molecule has 0 saturated carbocycles. The van der Waals surface area contributed by atoms with Crippen LogP contribution in [-0.4, -0.2) is 37.2 Å². The molecular formula is C24H23ClFN5OS. The molecule has 6 nitrogen and oxygen atoms in total. The molecule has 0 aliphatic heterocycles. The molecule has 4 aromatic rings. The van der Waals surface area contributed by atoms with Crippen LogP contribution in [0.3, 0.4) is 0 Å². The monoisotopic (exact) mass is 483 g/mol. The Morgan fingerprint density at radius 1 is 1.15 bits per heavy atom. The molecule has 2 aromatic carbocycles. The van der Waals surface area contributed by atoms with Crippen LogP contribution in [0.25, 0.3) is 5.69 Å². The Hall–Kier alpha value is -3.10. The molecule has 33 heavy (non-hydrogen) atoms. The number of aryl methyl sites for hydroxylation is 2. The van der Waals surface area contributed by atoms with Crippen LogP contribution in [0.4, 0.5) is 4.39 Å². The summed E-state index contributed by atoms with van der Waals surface area (Å²) in [5.41, 5.74) is 3.86. The lowest BCUT2D eigenvalue weighted by molar-refractivity contribution is 0.0776. The number of benzene rings is 2. The first-order chi connectivity index (χ1) is 15.8. The number of halogens is 2. The molecule has 0 unspecified atom stereocenters. The average Bonchev–Trinajstić information content (AvgIpc) is 3.35. The van der Waals surface area contributed by atoms with Gasteiger partial charge >= 0.3 is 0 Å². The van der Waals surface area contributed by atoms with Crippen LogP contribution in [0.5, 0.6) is 0 Å². The number of nitrogens with zero attached hydrogens (tertiary/aromatic N) is 5. The number of hydrogen-bond acceptors (Lipinski definition) is 4. The van der Waals surface area contributed by atoms with Crippen molar-refractivity contribution in [3.63, 3.8) is 0 Å². The summed E-state index contributed by atoms with van der Waals surface area (Å²) in [4.78, 5) is 19.5. The van der Waals surface area contributed by atoms with Gasteiger partial charge in [0, 0.05) is 48.9 Å². The maximum Gasteiger partial charge on any atom is 0.272 e. The fraction of sp³-hybridized carbons (Fsp3) is 0.208. The van der Waals surface area contributed by atoms with Crippen molar-refractivity contribution in [2.45, 2.75) is 24.4 Å². The summed E-state index contributed by atoms with van der Waals surface area (Å²) in [5, 5.41) is 5.64. The molecule has 0 radical (unpaired) electrons. The van der Waals surface area contributed by atoms with Gasteiger partial charge < -0.3 is 4.90 Å². The van der Waals surface area contributed by atoms with Crippen molar-refractivity contribution in [1.82, 2.24) is 24.2 Å². The van der Waals surface area contributed by atoms with Gasteiger partial charge in [0.2, 0.25) is 0 Å². The highest BCUT2D eigenvalue weighted by Gasteiger charge is 2.22. The van der Waals surface area contributed by atoms with E-state index < -0.39 is 0 Å². The van der Waals surface area contributed by atoms with Crippen molar-refractivity contribution in [3.8, 4) is 5.69 Å². The SMILES string of the molecule is Cc1nn(C)cc1CN(C)C(=O)c1cnc(SCc2ccccc2Cl)n1-c1ccc(F)cc1. The van der Waals surface area contributed by atoms with E-state index in [1.54, 1.807) is 39.5 Å². The van der Waals surface area contributed by atoms with Crippen molar-refractivity contribution in [2.24, 2.45) is 7.05 Å². The Kier molecular flexibility index (Phi) is 6.85. The zero-order valence-electron chi connectivity index (χ0n) is 18.5. The normalized spacial score (nSPS) is 11.1. The van der Waals surface area contributed by atoms with Crippen molar-refractivity contribution < 1.29 is 9.18 Å². The van der Waals surface area contributed by atoms with Crippen LogP contribution in [-0.2, 0) is 19.3 Å². The summed E-state index contributed by atoms with van der Waals surface area (Å²) in [5.74, 6) is 0.0387. The largest absolute Gasteiger partial charge is 0.336 e. The number of amides is 1. The third-order valence-corrected chi connectivity index (χ3v) is 6.59. The number of imidazole rings is 1. The lowest BCUT2D eigenvalue weighted by atomic mass is 10.2. The van der Waals surface area contributed by atoms with Gasteiger partial charge in [-0.1, -0.05) is 41.6 Å². The second kappa shape index (κ2) is 9.80. The summed E-state index contributed by atoms with van der Waals surface area (Å²) in [6.07, 6.45) is 3.47. The summed E-state index contributed by atoms with van der Waals surface area (Å²) in [6.45, 7) is 2.33. The van der Waals surface area contributed by atoms with Gasteiger partial charge in [0.25, 0.3) is 5.91 Å². The minimum atomic E-state index is -0.346. The van der Waals surface area contributed by atoms with Crippen LogP contribution in [0.2, 0.25) is 5.02 Å². The summed E-state index contributed by atoms with van der Waals surface area (Å²) in [6, 6.07) is 13.6. The van der Waals surface area contributed by atoms with E-state index in [9.17, 15) is 9.18 Å². The second-order valence-electron chi connectivity index (χ2n) is 7.69. The maximum atomic E-state index is 13.6. The molecule has 1 amide bonds. The van der Waals surface area contributed by atoms with E-state index in [1.165, 1.54) is 23.9 Å². The van der Waals surface area contributed by atoms with E-state index in [0.717, 1.165) is 16.8 Å². The van der Waals surface area contributed by atoms with E-state index >= 15 is 0 Å². The van der Waals surface area contributed by atoms with Gasteiger partial charge in [0.15, 0.2) is 5.16 Å².